The van der Waals surface area contributed by atoms with Crippen LogP contribution in [0.3, 0.4) is 0 Å². The van der Waals surface area contributed by atoms with Gasteiger partial charge in [-0.2, -0.15) is 0 Å². The summed E-state index contributed by atoms with van der Waals surface area (Å²) in [4.78, 5) is 23.4. The van der Waals surface area contributed by atoms with Gasteiger partial charge >= 0.3 is 5.97 Å². The summed E-state index contributed by atoms with van der Waals surface area (Å²) in [5.74, 6) is 0.856. The Morgan fingerprint density at radius 3 is 2.44 bits per heavy atom. The Hall–Kier alpha value is -1.38. The van der Waals surface area contributed by atoms with E-state index in [2.05, 4.69) is 26.8 Å². The molecule has 0 bridgehead atoms. The van der Waals surface area contributed by atoms with Crippen LogP contribution in [-0.4, -0.2) is 16.9 Å². The van der Waals surface area contributed by atoms with E-state index < -0.39 is 5.97 Å². The molecule has 0 radical (unpaired) electrons. The molecule has 1 fully saturated rings. The number of carboxylic acid groups (broad SMARTS) is 1. The molecular weight excluding hydrogens is 312 g/mol. The van der Waals surface area contributed by atoms with Crippen molar-refractivity contribution in [2.45, 2.75) is 78.6 Å². The van der Waals surface area contributed by atoms with E-state index in [1.807, 2.05) is 0 Å². The van der Waals surface area contributed by atoms with Gasteiger partial charge in [0.2, 0.25) is 0 Å². The minimum Gasteiger partial charge on any atom is -0.481 e. The van der Waals surface area contributed by atoms with Crippen LogP contribution in [-0.2, 0) is 9.59 Å². The highest BCUT2D eigenvalue weighted by Gasteiger charge is 2.57. The minimum atomic E-state index is -0.689. The van der Waals surface area contributed by atoms with Crippen molar-refractivity contribution >= 4 is 11.8 Å². The molecule has 1 N–H and O–H groups in total. The van der Waals surface area contributed by atoms with Crippen molar-refractivity contribution in [3.05, 3.63) is 22.8 Å². The van der Waals surface area contributed by atoms with Crippen molar-refractivity contribution in [2.24, 2.45) is 23.2 Å². The molecule has 3 heteroatoms. The van der Waals surface area contributed by atoms with Gasteiger partial charge in [0, 0.05) is 23.3 Å². The Kier molecular flexibility index (Phi) is 5.22. The summed E-state index contributed by atoms with van der Waals surface area (Å²) in [6, 6.07) is 0. The van der Waals surface area contributed by atoms with Gasteiger partial charge in [0.05, 0.1) is 0 Å². The molecule has 0 aliphatic heterocycles. The Morgan fingerprint density at radius 2 is 1.80 bits per heavy atom. The van der Waals surface area contributed by atoms with E-state index in [0.29, 0.717) is 24.0 Å². The second-order valence-electron chi connectivity index (χ2n) is 8.53. The summed E-state index contributed by atoms with van der Waals surface area (Å²) in [6.07, 6.45) is 11.3. The second kappa shape index (κ2) is 7.09. The molecule has 25 heavy (non-hydrogen) atoms. The lowest BCUT2D eigenvalue weighted by molar-refractivity contribution is -0.137. The fourth-order valence-corrected chi connectivity index (χ4v) is 5.22. The van der Waals surface area contributed by atoms with Gasteiger partial charge in [-0.05, 0) is 50.0 Å². The van der Waals surface area contributed by atoms with Crippen LogP contribution >= 0.6 is 0 Å². The molecule has 0 amide bonds. The molecule has 3 atom stereocenters. The topological polar surface area (TPSA) is 54.4 Å². The molecule has 3 aliphatic carbocycles. The number of hydrogen-bond acceptors (Lipinski definition) is 2. The van der Waals surface area contributed by atoms with Crippen molar-refractivity contribution in [3.63, 3.8) is 0 Å². The van der Waals surface area contributed by atoms with Gasteiger partial charge in [0.15, 0.2) is 5.78 Å². The number of aliphatic carboxylic acids is 1. The number of carbonyl (C=O) groups is 2. The monoisotopic (exact) mass is 344 g/mol. The van der Waals surface area contributed by atoms with Crippen LogP contribution in [0.2, 0.25) is 0 Å². The highest BCUT2D eigenvalue weighted by Crippen LogP contribution is 2.64. The first-order chi connectivity index (χ1) is 11.9. The zero-order valence-electron chi connectivity index (χ0n) is 15.9. The van der Waals surface area contributed by atoms with E-state index in [1.165, 1.54) is 36.8 Å². The smallest absolute Gasteiger partial charge is 0.303 e. The largest absolute Gasteiger partial charge is 0.481 e. The van der Waals surface area contributed by atoms with Crippen molar-refractivity contribution in [2.75, 3.05) is 0 Å². The number of allylic oxidation sites excluding steroid dienone is 4. The van der Waals surface area contributed by atoms with Gasteiger partial charge in [0.25, 0.3) is 0 Å². The van der Waals surface area contributed by atoms with Crippen LogP contribution in [0.15, 0.2) is 22.8 Å². The molecule has 3 nitrogen and oxygen atoms in total. The van der Waals surface area contributed by atoms with Crippen molar-refractivity contribution in [3.8, 4) is 0 Å². The Bertz CT molecular complexity index is 621. The van der Waals surface area contributed by atoms with E-state index >= 15 is 0 Å². The van der Waals surface area contributed by atoms with Crippen LogP contribution in [0.1, 0.15) is 78.6 Å². The van der Waals surface area contributed by atoms with Gasteiger partial charge < -0.3 is 5.11 Å². The minimum absolute atomic E-state index is 0.169. The summed E-state index contributed by atoms with van der Waals surface area (Å²) in [6.45, 7) is 6.68. The number of unbranched alkanes of at least 4 members (excludes halogenated alkanes) is 4. The quantitative estimate of drug-likeness (QED) is 0.607. The predicted octanol–water partition coefficient (Wildman–Crippen LogP) is 5.31. The zero-order valence-corrected chi connectivity index (χ0v) is 15.9. The lowest BCUT2D eigenvalue weighted by atomic mass is 9.69. The van der Waals surface area contributed by atoms with Gasteiger partial charge in [-0.15, -0.1) is 0 Å². The Morgan fingerprint density at radius 1 is 1.16 bits per heavy atom. The summed E-state index contributed by atoms with van der Waals surface area (Å²) < 4.78 is 0. The number of fused-ring (bicyclic) bond motifs is 1. The number of Topliss-reactive ketones (excluding diaryl/α,β-unsaturated/α-hetero) is 1. The van der Waals surface area contributed by atoms with E-state index in [4.69, 9.17) is 5.11 Å². The summed E-state index contributed by atoms with van der Waals surface area (Å²) in [5, 5.41) is 8.67. The Labute approximate surface area is 151 Å². The SMILES string of the molecule is CC1=C2C(=CC(C)C2CCCCCCCC(=O)O)C(=O)[C@@H](C)C12CC2. The Balaban J connectivity index is 1.57. The van der Waals surface area contributed by atoms with Gasteiger partial charge in [0.1, 0.15) is 0 Å². The lowest BCUT2D eigenvalue weighted by Gasteiger charge is -2.34. The fourth-order valence-electron chi connectivity index (χ4n) is 5.22. The van der Waals surface area contributed by atoms with Crippen molar-refractivity contribution in [1.29, 1.82) is 0 Å². The van der Waals surface area contributed by atoms with Crippen LogP contribution in [0.25, 0.3) is 0 Å². The molecule has 0 aromatic rings. The molecule has 2 unspecified atom stereocenters. The molecule has 1 saturated carbocycles. The van der Waals surface area contributed by atoms with E-state index in [-0.39, 0.29) is 11.3 Å². The number of carbonyl (C=O) groups excluding carboxylic acids is 1. The van der Waals surface area contributed by atoms with E-state index in [9.17, 15) is 9.59 Å². The molecular formula is C22H32O3. The third-order valence-corrected chi connectivity index (χ3v) is 7.06. The average Bonchev–Trinajstić information content (AvgIpc) is 3.30. The highest BCUT2D eigenvalue weighted by molar-refractivity contribution is 6.04. The molecule has 1 spiro atoms. The maximum absolute atomic E-state index is 12.9. The van der Waals surface area contributed by atoms with Gasteiger partial charge in [-0.1, -0.05) is 51.2 Å². The maximum atomic E-state index is 12.9. The van der Waals surface area contributed by atoms with Crippen LogP contribution < -0.4 is 0 Å². The normalized spacial score (nSPS) is 29.8. The van der Waals surface area contributed by atoms with Gasteiger partial charge in [-0.3, -0.25) is 9.59 Å². The van der Waals surface area contributed by atoms with Gasteiger partial charge in [-0.25, -0.2) is 0 Å². The zero-order chi connectivity index (χ0) is 18.2. The van der Waals surface area contributed by atoms with Crippen molar-refractivity contribution < 1.29 is 14.7 Å². The van der Waals surface area contributed by atoms with Crippen LogP contribution in [0, 0.1) is 23.2 Å². The first-order valence-electron chi connectivity index (χ1n) is 10.1. The fraction of sp³-hybridized carbons (Fsp3) is 0.727. The summed E-state index contributed by atoms with van der Waals surface area (Å²) in [5.41, 5.74) is 4.16. The number of rotatable bonds is 8. The second-order valence-corrected chi connectivity index (χ2v) is 8.53. The van der Waals surface area contributed by atoms with Crippen LogP contribution in [0.4, 0.5) is 0 Å². The molecule has 0 saturated heterocycles. The molecule has 138 valence electrons. The highest BCUT2D eigenvalue weighted by atomic mass is 16.4. The third kappa shape index (κ3) is 3.35. The molecule has 0 aromatic carbocycles. The van der Waals surface area contributed by atoms with Crippen molar-refractivity contribution in [1.82, 2.24) is 0 Å². The van der Waals surface area contributed by atoms with Crippen LogP contribution in [0.5, 0.6) is 0 Å². The van der Waals surface area contributed by atoms with E-state index in [0.717, 1.165) is 31.3 Å². The maximum Gasteiger partial charge on any atom is 0.303 e. The molecule has 3 rings (SSSR count). The lowest BCUT2D eigenvalue weighted by Crippen LogP contribution is -2.32. The molecule has 0 heterocycles. The standard InChI is InChI=1S/C22H32O3/c1-14-13-18-20(15(2)22(11-12-22)16(3)21(18)25)17(14)9-7-5-4-6-8-10-19(23)24/h13-14,16-17H,4-12H2,1-3H3,(H,23,24)/t14?,16-,17?/m1/s1. The molecule has 3 aliphatic rings. The first-order valence-corrected chi connectivity index (χ1v) is 10.1. The molecule has 0 aromatic heterocycles. The van der Waals surface area contributed by atoms with E-state index in [1.54, 1.807) is 0 Å². The first kappa shape index (κ1) is 18.4. The summed E-state index contributed by atoms with van der Waals surface area (Å²) >= 11 is 0. The average molecular weight is 344 g/mol. The predicted molar refractivity (Wildman–Crippen MR) is 99.2 cm³/mol. The number of carboxylic acids is 1. The number of hydrogen-bond donors (Lipinski definition) is 1. The summed E-state index contributed by atoms with van der Waals surface area (Å²) in [7, 11) is 0. The third-order valence-electron chi connectivity index (χ3n) is 7.06. The number of ketones is 1.